The molecule has 1 aromatic rings. The number of nitrogens with one attached hydrogen (secondary N) is 1. The van der Waals surface area contributed by atoms with E-state index in [9.17, 15) is 18.4 Å². The molecule has 0 aliphatic carbocycles. The Morgan fingerprint density at radius 2 is 2.28 bits per heavy atom. The lowest BCUT2D eigenvalue weighted by Crippen LogP contribution is -2.39. The zero-order valence-corrected chi connectivity index (χ0v) is 10.2. The summed E-state index contributed by atoms with van der Waals surface area (Å²) in [4.78, 5) is 26.5. The van der Waals surface area contributed by atoms with Gasteiger partial charge in [0.2, 0.25) is 0 Å². The minimum atomic E-state index is -2.60. The number of hydrogen-bond donors (Lipinski definition) is 2. The van der Waals surface area contributed by atoms with Crippen molar-refractivity contribution in [1.82, 2.24) is 15.2 Å². The number of halogens is 2. The van der Waals surface area contributed by atoms with E-state index in [2.05, 4.69) is 10.3 Å². The van der Waals surface area contributed by atoms with Gasteiger partial charge in [-0.15, -0.1) is 11.3 Å². The smallest absolute Gasteiger partial charge is 0.355 e. The van der Waals surface area contributed by atoms with E-state index in [1.807, 2.05) is 0 Å². The molecule has 2 N–H and O–H groups in total. The zero-order valence-electron chi connectivity index (χ0n) is 9.39. The lowest BCUT2D eigenvalue weighted by atomic mass is 10.5. The van der Waals surface area contributed by atoms with Crippen LogP contribution in [-0.4, -0.2) is 47.0 Å². The molecule has 0 aliphatic rings. The zero-order chi connectivity index (χ0) is 13.7. The van der Waals surface area contributed by atoms with E-state index >= 15 is 0 Å². The van der Waals surface area contributed by atoms with Gasteiger partial charge in [0.25, 0.3) is 6.43 Å². The van der Waals surface area contributed by atoms with Crippen molar-refractivity contribution in [3.63, 3.8) is 0 Å². The Balaban J connectivity index is 2.44. The van der Waals surface area contributed by atoms with Crippen LogP contribution in [0.4, 0.5) is 13.6 Å². The molecule has 1 rings (SSSR count). The summed E-state index contributed by atoms with van der Waals surface area (Å²) >= 11 is 1.07. The molecule has 0 saturated carbocycles. The lowest BCUT2D eigenvalue weighted by molar-refractivity contribution is 0.0691. The van der Waals surface area contributed by atoms with Crippen LogP contribution in [0.3, 0.4) is 0 Å². The van der Waals surface area contributed by atoms with Gasteiger partial charge in [-0.05, 0) is 0 Å². The second-order valence-electron chi connectivity index (χ2n) is 3.36. The number of nitrogens with zero attached hydrogens (tertiary/aromatic N) is 2. The molecule has 9 heteroatoms. The summed E-state index contributed by atoms with van der Waals surface area (Å²) in [5.74, 6) is -1.15. The molecule has 0 bridgehead atoms. The number of rotatable bonds is 5. The molecule has 0 spiro atoms. The summed E-state index contributed by atoms with van der Waals surface area (Å²) < 4.78 is 24.0. The standard InChI is InChI=1S/C9H11F2N3O3S/c1-14(3-6(10)11)9(17)12-2-7-13-5(4-18-7)8(15)16/h4,6H,2-3H2,1H3,(H,12,17)(H,15,16). The number of thiazole rings is 1. The van der Waals surface area contributed by atoms with Crippen molar-refractivity contribution in [3.05, 3.63) is 16.1 Å². The summed E-state index contributed by atoms with van der Waals surface area (Å²) in [6.45, 7) is -0.658. The highest BCUT2D eigenvalue weighted by molar-refractivity contribution is 7.09. The van der Waals surface area contributed by atoms with E-state index in [4.69, 9.17) is 5.11 Å². The Kier molecular flexibility index (Phi) is 4.95. The van der Waals surface area contributed by atoms with E-state index in [0.717, 1.165) is 16.2 Å². The van der Waals surface area contributed by atoms with Crippen LogP contribution in [0.5, 0.6) is 0 Å². The predicted octanol–water partition coefficient (Wildman–Crippen LogP) is 1.25. The van der Waals surface area contributed by atoms with Crippen LogP contribution in [0, 0.1) is 0 Å². The van der Waals surface area contributed by atoms with Crippen LogP contribution in [0.2, 0.25) is 0 Å². The molecule has 0 aliphatic heterocycles. The topological polar surface area (TPSA) is 82.5 Å². The molecule has 0 radical (unpaired) electrons. The van der Waals surface area contributed by atoms with Gasteiger partial charge in [0, 0.05) is 12.4 Å². The molecule has 0 aromatic carbocycles. The number of aromatic nitrogens is 1. The summed E-state index contributed by atoms with van der Waals surface area (Å²) in [7, 11) is 1.24. The van der Waals surface area contributed by atoms with Gasteiger partial charge >= 0.3 is 12.0 Å². The van der Waals surface area contributed by atoms with Crippen molar-refractivity contribution >= 4 is 23.3 Å². The Morgan fingerprint density at radius 3 is 2.78 bits per heavy atom. The summed E-state index contributed by atoms with van der Waals surface area (Å²) in [5.41, 5.74) is -0.106. The van der Waals surface area contributed by atoms with Gasteiger partial charge in [-0.3, -0.25) is 0 Å². The van der Waals surface area contributed by atoms with Crippen LogP contribution in [0.25, 0.3) is 0 Å². The first-order valence-electron chi connectivity index (χ1n) is 4.85. The predicted molar refractivity (Wildman–Crippen MR) is 59.9 cm³/mol. The maximum atomic E-state index is 12.0. The first kappa shape index (κ1) is 14.3. The third kappa shape index (κ3) is 4.24. The second-order valence-corrected chi connectivity index (χ2v) is 4.30. The first-order chi connectivity index (χ1) is 8.40. The highest BCUT2D eigenvalue weighted by Crippen LogP contribution is 2.09. The second kappa shape index (κ2) is 6.24. The van der Waals surface area contributed by atoms with Crippen LogP contribution >= 0.6 is 11.3 Å². The monoisotopic (exact) mass is 279 g/mol. The molecular weight excluding hydrogens is 268 g/mol. The maximum Gasteiger partial charge on any atom is 0.355 e. The highest BCUT2D eigenvalue weighted by Gasteiger charge is 2.14. The van der Waals surface area contributed by atoms with Gasteiger partial charge in [0.1, 0.15) is 5.01 Å². The number of amides is 2. The van der Waals surface area contributed by atoms with E-state index in [1.165, 1.54) is 12.4 Å². The van der Waals surface area contributed by atoms with Gasteiger partial charge in [0.15, 0.2) is 5.69 Å². The molecule has 100 valence electrons. The van der Waals surface area contributed by atoms with Crippen molar-refractivity contribution in [1.29, 1.82) is 0 Å². The summed E-state index contributed by atoms with van der Waals surface area (Å²) in [6.07, 6.45) is -2.60. The first-order valence-corrected chi connectivity index (χ1v) is 5.73. The fourth-order valence-corrected chi connectivity index (χ4v) is 1.77. The van der Waals surface area contributed by atoms with Gasteiger partial charge in [-0.2, -0.15) is 0 Å². The number of aromatic carboxylic acids is 1. The average molecular weight is 279 g/mol. The number of alkyl halides is 2. The molecule has 2 amide bonds. The minimum Gasteiger partial charge on any atom is -0.476 e. The van der Waals surface area contributed by atoms with Gasteiger partial charge < -0.3 is 15.3 Å². The molecule has 0 fully saturated rings. The SMILES string of the molecule is CN(CC(F)F)C(=O)NCc1nc(C(=O)O)cs1. The molecule has 6 nitrogen and oxygen atoms in total. The van der Waals surface area contributed by atoms with Gasteiger partial charge in [0.05, 0.1) is 13.1 Å². The molecule has 18 heavy (non-hydrogen) atoms. The largest absolute Gasteiger partial charge is 0.476 e. The molecular formula is C9H11F2N3O3S. The third-order valence-corrected chi connectivity index (χ3v) is 2.77. The number of hydrogen-bond acceptors (Lipinski definition) is 4. The Morgan fingerprint density at radius 1 is 1.61 bits per heavy atom. The van der Waals surface area contributed by atoms with E-state index in [0.29, 0.717) is 5.01 Å². The quantitative estimate of drug-likeness (QED) is 0.849. The van der Waals surface area contributed by atoms with Crippen molar-refractivity contribution < 1.29 is 23.5 Å². The maximum absolute atomic E-state index is 12.0. The molecule has 0 atom stereocenters. The van der Waals surface area contributed by atoms with E-state index in [-0.39, 0.29) is 12.2 Å². The lowest BCUT2D eigenvalue weighted by Gasteiger charge is -2.16. The molecule has 0 saturated heterocycles. The van der Waals surface area contributed by atoms with Gasteiger partial charge in [-0.1, -0.05) is 0 Å². The summed E-state index contributed by atoms with van der Waals surface area (Å²) in [5, 5.41) is 12.7. The van der Waals surface area contributed by atoms with Crippen LogP contribution < -0.4 is 5.32 Å². The normalized spacial score (nSPS) is 10.4. The Hall–Kier alpha value is -1.77. The number of carbonyl (C=O) groups is 2. The molecule has 1 aromatic heterocycles. The van der Waals surface area contributed by atoms with Crippen molar-refractivity contribution in [3.8, 4) is 0 Å². The minimum absolute atomic E-state index is 0.00432. The summed E-state index contributed by atoms with van der Waals surface area (Å²) in [6, 6.07) is -0.664. The van der Waals surface area contributed by atoms with Crippen molar-refractivity contribution in [2.24, 2.45) is 0 Å². The highest BCUT2D eigenvalue weighted by atomic mass is 32.1. The Bertz CT molecular complexity index is 438. The van der Waals surface area contributed by atoms with Crippen LogP contribution in [0.15, 0.2) is 5.38 Å². The van der Waals surface area contributed by atoms with Crippen molar-refractivity contribution in [2.75, 3.05) is 13.6 Å². The van der Waals surface area contributed by atoms with Crippen LogP contribution in [0.1, 0.15) is 15.5 Å². The van der Waals surface area contributed by atoms with Crippen molar-refractivity contribution in [2.45, 2.75) is 13.0 Å². The fraction of sp³-hybridized carbons (Fsp3) is 0.444. The third-order valence-electron chi connectivity index (χ3n) is 1.92. The number of carbonyl (C=O) groups excluding carboxylic acids is 1. The van der Waals surface area contributed by atoms with E-state index in [1.54, 1.807) is 0 Å². The molecule has 0 unspecified atom stereocenters. The fourth-order valence-electron chi connectivity index (χ4n) is 1.07. The molecule has 1 heterocycles. The average Bonchev–Trinajstić information content (AvgIpc) is 2.73. The van der Waals surface area contributed by atoms with Gasteiger partial charge in [-0.25, -0.2) is 23.4 Å². The van der Waals surface area contributed by atoms with E-state index < -0.39 is 25.0 Å². The number of carboxylic acids is 1. The number of carboxylic acid groups (broad SMARTS) is 1. The Labute approximate surface area is 105 Å². The number of urea groups is 1. The van der Waals surface area contributed by atoms with Crippen LogP contribution in [-0.2, 0) is 6.54 Å².